The Bertz CT molecular complexity index is 935. The minimum Gasteiger partial charge on any atom is -0.414 e. The normalized spacial score (nSPS) is 11.5. The van der Waals surface area contributed by atoms with Crippen molar-refractivity contribution in [1.29, 1.82) is 0 Å². The van der Waals surface area contributed by atoms with Crippen molar-refractivity contribution in [1.82, 2.24) is 15.1 Å². The van der Waals surface area contributed by atoms with Gasteiger partial charge in [-0.25, -0.2) is 0 Å². The van der Waals surface area contributed by atoms with Crippen LogP contribution in [0.2, 0.25) is 5.02 Å². The number of nitrogens with one attached hydrogen (secondary N) is 2. The monoisotopic (exact) mass is 552 g/mol. The molecule has 0 spiro atoms. The summed E-state index contributed by atoms with van der Waals surface area (Å²) in [6.07, 6.45) is -4.61. The highest BCUT2D eigenvalue weighted by Crippen LogP contribution is 2.26. The molecule has 2 rings (SSSR count). The number of nitrogens with zero attached hydrogens (tertiary/aromatic N) is 2. The maximum atomic E-state index is 12.5. The molecule has 2 amide bonds. The Morgan fingerprint density at radius 1 is 1.31 bits per heavy atom. The van der Waals surface area contributed by atoms with E-state index in [1.165, 1.54) is 19.2 Å². The van der Waals surface area contributed by atoms with Gasteiger partial charge in [-0.1, -0.05) is 11.6 Å². The lowest BCUT2D eigenvalue weighted by molar-refractivity contribution is -0.123. The number of ether oxygens (including phenoxy) is 1. The van der Waals surface area contributed by atoms with Crippen LogP contribution in [-0.4, -0.2) is 40.9 Å². The average Bonchev–Trinajstić information content (AvgIpc) is 2.86. The molecule has 7 nitrogen and oxygen atoms in total. The summed E-state index contributed by atoms with van der Waals surface area (Å²) in [4.78, 5) is 24.4. The van der Waals surface area contributed by atoms with Crippen molar-refractivity contribution < 1.29 is 36.3 Å². The van der Waals surface area contributed by atoms with E-state index in [2.05, 4.69) is 15.2 Å². The largest absolute Gasteiger partial charge is 0.414 e. The summed E-state index contributed by atoms with van der Waals surface area (Å²) in [7, 11) is 1.33. The Morgan fingerprint density at radius 2 is 1.97 bits per heavy atom. The maximum Gasteiger partial charge on any atom is 0.405 e. The smallest absolute Gasteiger partial charge is 0.405 e. The zero-order valence-electron chi connectivity index (χ0n) is 14.3. The predicted octanol–water partition coefficient (Wildman–Crippen LogP) is 3.82. The molecule has 2 aromatic rings. The molecule has 0 atom stereocenters. The van der Waals surface area contributed by atoms with Crippen LogP contribution in [0.25, 0.3) is 0 Å². The standard InChI is InChI=1S/C15H11ClF5IN4O3/c1-26-10(9(22)13(25-26)29-14(17)18)12(28)24-6-2-3-8(16)7(4-6)11(27)23-5-15(19,20)21/h2-4,14H,5H2,1H3,(H,23,27)(H,24,28). The highest BCUT2D eigenvalue weighted by molar-refractivity contribution is 14.1. The topological polar surface area (TPSA) is 85.2 Å². The fourth-order valence-corrected chi connectivity index (χ4v) is 3.16. The number of aromatic nitrogens is 2. The van der Waals surface area contributed by atoms with Gasteiger partial charge in [0, 0.05) is 12.7 Å². The van der Waals surface area contributed by atoms with Crippen molar-refractivity contribution in [3.05, 3.63) is 38.0 Å². The number of alkyl halides is 5. The van der Waals surface area contributed by atoms with E-state index in [0.717, 1.165) is 10.7 Å². The summed E-state index contributed by atoms with van der Waals surface area (Å²) < 4.78 is 66.8. The summed E-state index contributed by atoms with van der Waals surface area (Å²) in [6, 6.07) is 3.59. The van der Waals surface area contributed by atoms with E-state index in [-0.39, 0.29) is 25.5 Å². The number of hydrogen-bond donors (Lipinski definition) is 2. The van der Waals surface area contributed by atoms with Crippen molar-refractivity contribution in [2.45, 2.75) is 12.8 Å². The highest BCUT2D eigenvalue weighted by Gasteiger charge is 2.28. The minimum atomic E-state index is -4.61. The summed E-state index contributed by atoms with van der Waals surface area (Å²) in [6.45, 7) is -4.69. The van der Waals surface area contributed by atoms with E-state index in [1.807, 2.05) is 0 Å². The van der Waals surface area contributed by atoms with Crippen LogP contribution in [0.15, 0.2) is 18.2 Å². The fourth-order valence-electron chi connectivity index (χ4n) is 2.12. The summed E-state index contributed by atoms with van der Waals surface area (Å²) in [5.41, 5.74) is -0.376. The Morgan fingerprint density at radius 3 is 2.55 bits per heavy atom. The zero-order chi connectivity index (χ0) is 21.9. The molecule has 14 heteroatoms. The first kappa shape index (κ1) is 23.1. The lowest BCUT2D eigenvalue weighted by Crippen LogP contribution is -2.33. The van der Waals surface area contributed by atoms with Gasteiger partial charge in [-0.3, -0.25) is 14.3 Å². The van der Waals surface area contributed by atoms with E-state index >= 15 is 0 Å². The number of amides is 2. The number of aryl methyl sites for hydroxylation is 1. The lowest BCUT2D eigenvalue weighted by atomic mass is 10.1. The van der Waals surface area contributed by atoms with Crippen molar-refractivity contribution in [3.8, 4) is 5.88 Å². The van der Waals surface area contributed by atoms with Crippen LogP contribution in [0.1, 0.15) is 20.8 Å². The minimum absolute atomic E-state index is 0.0139. The third-order valence-corrected chi connectivity index (χ3v) is 4.60. The number of benzene rings is 1. The first-order valence-corrected chi connectivity index (χ1v) is 8.98. The molecule has 1 heterocycles. The Hall–Kier alpha value is -2.16. The van der Waals surface area contributed by atoms with Crippen LogP contribution in [0.5, 0.6) is 5.88 Å². The van der Waals surface area contributed by atoms with Crippen LogP contribution in [0, 0.1) is 3.57 Å². The molecule has 0 unspecified atom stereocenters. The van der Waals surface area contributed by atoms with Gasteiger partial charge in [0.2, 0.25) is 0 Å². The SMILES string of the molecule is Cn1nc(OC(F)F)c(I)c1C(=O)Nc1ccc(Cl)c(C(=O)NCC(F)(F)F)c1. The first-order valence-electron chi connectivity index (χ1n) is 7.52. The van der Waals surface area contributed by atoms with Gasteiger partial charge in [0.15, 0.2) is 0 Å². The van der Waals surface area contributed by atoms with Crippen LogP contribution >= 0.6 is 34.2 Å². The molecule has 29 heavy (non-hydrogen) atoms. The lowest BCUT2D eigenvalue weighted by Gasteiger charge is -2.11. The molecule has 0 bridgehead atoms. The van der Waals surface area contributed by atoms with Gasteiger partial charge in [0.25, 0.3) is 17.7 Å². The summed E-state index contributed by atoms with van der Waals surface area (Å²) >= 11 is 7.44. The molecular weight excluding hydrogens is 542 g/mol. The van der Waals surface area contributed by atoms with Crippen molar-refractivity contribution in [2.24, 2.45) is 7.05 Å². The Labute approximate surface area is 178 Å². The molecule has 0 aliphatic rings. The molecule has 0 aliphatic heterocycles. The van der Waals surface area contributed by atoms with E-state index in [9.17, 15) is 31.5 Å². The van der Waals surface area contributed by atoms with Gasteiger partial charge in [-0.2, -0.15) is 22.0 Å². The second-order valence-corrected chi connectivity index (χ2v) is 6.90. The molecule has 2 N–H and O–H groups in total. The second kappa shape index (κ2) is 9.11. The number of rotatable bonds is 6. The van der Waals surface area contributed by atoms with E-state index in [0.29, 0.717) is 0 Å². The van der Waals surface area contributed by atoms with Crippen molar-refractivity contribution in [3.63, 3.8) is 0 Å². The summed E-state index contributed by atoms with van der Waals surface area (Å²) in [5.74, 6) is -2.32. The van der Waals surface area contributed by atoms with Gasteiger partial charge in [-0.15, -0.1) is 5.10 Å². The van der Waals surface area contributed by atoms with Gasteiger partial charge in [0.1, 0.15) is 15.8 Å². The first-order chi connectivity index (χ1) is 13.4. The average molecular weight is 553 g/mol. The van der Waals surface area contributed by atoms with E-state index in [4.69, 9.17) is 11.6 Å². The van der Waals surface area contributed by atoms with Crippen LogP contribution in [0.4, 0.5) is 27.6 Å². The fraction of sp³-hybridized carbons (Fsp3) is 0.267. The van der Waals surface area contributed by atoms with Crippen LogP contribution in [0.3, 0.4) is 0 Å². The Kier molecular flexibility index (Phi) is 7.26. The number of halogens is 7. The molecule has 1 aromatic heterocycles. The Balaban J connectivity index is 2.22. The number of anilines is 1. The quantitative estimate of drug-likeness (QED) is 0.422. The van der Waals surface area contributed by atoms with Crippen LogP contribution < -0.4 is 15.4 Å². The molecule has 0 saturated carbocycles. The number of carbonyl (C=O) groups excluding carboxylic acids is 2. The molecule has 158 valence electrons. The van der Waals surface area contributed by atoms with Crippen molar-refractivity contribution in [2.75, 3.05) is 11.9 Å². The van der Waals surface area contributed by atoms with Gasteiger partial charge in [0.05, 0.1) is 10.6 Å². The summed E-state index contributed by atoms with van der Waals surface area (Å²) in [5, 5.41) is 7.60. The molecule has 1 aromatic carbocycles. The van der Waals surface area contributed by atoms with E-state index in [1.54, 1.807) is 27.9 Å². The number of carbonyl (C=O) groups is 2. The molecular formula is C15H11ClF5IN4O3. The van der Waals surface area contributed by atoms with Gasteiger partial charge < -0.3 is 15.4 Å². The predicted molar refractivity (Wildman–Crippen MR) is 100 cm³/mol. The number of hydrogen-bond acceptors (Lipinski definition) is 4. The zero-order valence-corrected chi connectivity index (χ0v) is 17.2. The maximum absolute atomic E-state index is 12.5. The second-order valence-electron chi connectivity index (χ2n) is 5.42. The van der Waals surface area contributed by atoms with Crippen LogP contribution in [-0.2, 0) is 7.05 Å². The van der Waals surface area contributed by atoms with E-state index < -0.39 is 37.0 Å². The van der Waals surface area contributed by atoms with Gasteiger partial charge >= 0.3 is 12.8 Å². The molecule has 0 saturated heterocycles. The molecule has 0 fully saturated rings. The van der Waals surface area contributed by atoms with Crippen molar-refractivity contribution >= 4 is 51.7 Å². The van der Waals surface area contributed by atoms with Gasteiger partial charge in [-0.05, 0) is 40.8 Å². The highest BCUT2D eigenvalue weighted by atomic mass is 127. The third-order valence-electron chi connectivity index (χ3n) is 3.29. The third kappa shape index (κ3) is 6.16. The molecule has 0 aliphatic carbocycles. The molecule has 0 radical (unpaired) electrons.